The normalized spacial score (nSPS) is 13.1. The first-order valence-electron chi connectivity index (χ1n) is 25.4. The quantitative estimate of drug-likeness (QED) is 0.0259. The highest BCUT2D eigenvalue weighted by atomic mass is 16.6. The van der Waals surface area contributed by atoms with Crippen molar-refractivity contribution < 1.29 is 57.2 Å². The van der Waals surface area contributed by atoms with Crippen LogP contribution in [0.25, 0.3) is 18.2 Å². The molecule has 12 heteroatoms. The number of benzene rings is 6. The smallest absolute Gasteiger partial charge is 0.338 e. The predicted molar refractivity (Wildman–Crippen MR) is 300 cm³/mol. The summed E-state index contributed by atoms with van der Waals surface area (Å²) in [7, 11) is 0. The molecule has 6 atom stereocenters. The van der Waals surface area contributed by atoms with Gasteiger partial charge in [-0.25, -0.2) is 28.8 Å². The Hall–Kier alpha value is -8.90. The van der Waals surface area contributed by atoms with Gasteiger partial charge in [-0.2, -0.15) is 0 Å². The molecule has 6 rings (SSSR count). The van der Waals surface area contributed by atoms with Gasteiger partial charge in [-0.05, 0) is 106 Å². The number of hydrogen-bond donors (Lipinski definition) is 0. The van der Waals surface area contributed by atoms with Crippen LogP contribution in [-0.4, -0.2) is 72.4 Å². The van der Waals surface area contributed by atoms with Gasteiger partial charge >= 0.3 is 35.8 Å². The lowest BCUT2D eigenvalue weighted by Gasteiger charge is -2.21. The molecule has 6 aromatic carbocycles. The third-order valence-electron chi connectivity index (χ3n) is 10.9. The van der Waals surface area contributed by atoms with Gasteiger partial charge in [0.15, 0.2) is 0 Å². The van der Waals surface area contributed by atoms with Crippen molar-refractivity contribution in [2.24, 2.45) is 0 Å². The van der Waals surface area contributed by atoms with E-state index in [1.807, 2.05) is 109 Å². The summed E-state index contributed by atoms with van der Waals surface area (Å²) < 4.78 is 32.3. The van der Waals surface area contributed by atoms with Crippen molar-refractivity contribution >= 4 is 54.0 Å². The number of ether oxygens (including phenoxy) is 6. The minimum atomic E-state index is -0.422. The predicted octanol–water partition coefficient (Wildman–Crippen LogP) is 13.4. The third kappa shape index (κ3) is 25.7. The van der Waals surface area contributed by atoms with Crippen LogP contribution in [-0.2, 0) is 42.8 Å². The van der Waals surface area contributed by atoms with E-state index in [1.165, 1.54) is 18.2 Å². The fourth-order valence-electron chi connectivity index (χ4n) is 7.27. The summed E-state index contributed by atoms with van der Waals surface area (Å²) in [5, 5.41) is 0. The molecule has 0 aliphatic heterocycles. The maximum Gasteiger partial charge on any atom is 0.338 e. The third-order valence-corrected chi connectivity index (χ3v) is 10.9. The molecule has 6 aromatic rings. The summed E-state index contributed by atoms with van der Waals surface area (Å²) in [6.45, 7) is 12.6. The lowest BCUT2D eigenvalue weighted by Crippen LogP contribution is -2.25. The van der Waals surface area contributed by atoms with Crippen molar-refractivity contribution in [2.45, 2.75) is 96.9 Å². The average molecular weight is 1040 g/mol. The summed E-state index contributed by atoms with van der Waals surface area (Å²) in [4.78, 5) is 71.8. The highest BCUT2D eigenvalue weighted by Gasteiger charge is 2.21. The topological polar surface area (TPSA) is 158 Å². The molecule has 0 radical (unpaired) electrons. The highest BCUT2D eigenvalue weighted by Crippen LogP contribution is 2.16. The molecular formula is C65H68O12. The van der Waals surface area contributed by atoms with Crippen molar-refractivity contribution in [1.29, 1.82) is 0 Å². The van der Waals surface area contributed by atoms with Gasteiger partial charge < -0.3 is 28.4 Å². The van der Waals surface area contributed by atoms with Crippen LogP contribution in [0.3, 0.4) is 0 Å². The van der Waals surface area contributed by atoms with Crippen molar-refractivity contribution in [1.82, 2.24) is 0 Å². The fraction of sp³-hybridized carbons (Fsp3) is 0.231. The molecule has 0 spiro atoms. The molecule has 0 fully saturated rings. The first-order valence-corrected chi connectivity index (χ1v) is 25.4. The minimum absolute atomic E-state index is 0.353. The standard InChI is InChI=1S/C23H24O4.2C21H22O4/c1-18(26-22(24)15-13-20-9-5-3-6-10-20)17-19(2)27-23(25)16-14-21-11-7-4-8-12-21;1-16(24-20(22)14-13-18-9-5-3-6-10-18)15-17(2)25-21(23)19-11-7-4-8-12-19;1-3-10-19(25-21(23)18-13-8-5-9-14-18)15-16(2)24-20(22)17-11-6-4-7-12-17/h3-16,18-19H,17H2,1-2H3;3-14,16-17H,15H2,1-2H3;3-9,11-14,16,19H,1,10,15H2,2H3. The molecule has 0 saturated heterocycles. The van der Waals surface area contributed by atoms with E-state index < -0.39 is 30.0 Å². The molecule has 0 heterocycles. The Morgan fingerprint density at radius 1 is 0.351 bits per heavy atom. The first kappa shape index (κ1) is 60.7. The Kier molecular flexibility index (Phi) is 27.2. The summed E-state index contributed by atoms with van der Waals surface area (Å²) in [5.41, 5.74) is 4.27. The van der Waals surface area contributed by atoms with E-state index in [-0.39, 0.29) is 42.5 Å². The van der Waals surface area contributed by atoms with Crippen LogP contribution in [0.5, 0.6) is 0 Å². The van der Waals surface area contributed by atoms with Crippen LogP contribution in [0, 0.1) is 0 Å². The van der Waals surface area contributed by atoms with Crippen LogP contribution >= 0.6 is 0 Å². The van der Waals surface area contributed by atoms with Crippen molar-refractivity contribution in [3.8, 4) is 0 Å². The Labute approximate surface area is 452 Å². The minimum Gasteiger partial charge on any atom is -0.459 e. The van der Waals surface area contributed by atoms with E-state index in [0.29, 0.717) is 42.4 Å². The second-order valence-electron chi connectivity index (χ2n) is 17.8. The lowest BCUT2D eigenvalue weighted by molar-refractivity contribution is -0.148. The maximum absolute atomic E-state index is 12.2. The number of esters is 6. The molecule has 0 N–H and O–H groups in total. The first-order chi connectivity index (χ1) is 37.2. The molecule has 0 amide bonds. The summed E-state index contributed by atoms with van der Waals surface area (Å²) in [6.07, 6.45) is 10.5. The summed E-state index contributed by atoms with van der Waals surface area (Å²) in [6, 6.07) is 54.9. The van der Waals surface area contributed by atoms with Gasteiger partial charge in [0.25, 0.3) is 0 Å². The molecule has 400 valence electrons. The molecule has 0 aliphatic rings. The second kappa shape index (κ2) is 34.6. The Bertz CT molecular complexity index is 2730. The van der Waals surface area contributed by atoms with Gasteiger partial charge in [0.1, 0.15) is 36.6 Å². The maximum atomic E-state index is 12.2. The molecule has 0 aliphatic carbocycles. The van der Waals surface area contributed by atoms with E-state index in [1.54, 1.807) is 132 Å². The zero-order chi connectivity index (χ0) is 55.6. The van der Waals surface area contributed by atoms with Crippen molar-refractivity contribution in [3.05, 3.63) is 246 Å². The Balaban J connectivity index is 0.000000250. The Morgan fingerprint density at radius 2 is 0.597 bits per heavy atom. The van der Waals surface area contributed by atoms with Crippen molar-refractivity contribution in [3.63, 3.8) is 0 Å². The lowest BCUT2D eigenvalue weighted by atomic mass is 10.1. The zero-order valence-electron chi connectivity index (χ0n) is 44.3. The van der Waals surface area contributed by atoms with Gasteiger partial charge in [-0.3, -0.25) is 0 Å². The second-order valence-corrected chi connectivity index (χ2v) is 17.8. The van der Waals surface area contributed by atoms with Gasteiger partial charge in [-0.15, -0.1) is 6.58 Å². The van der Waals surface area contributed by atoms with Crippen LogP contribution in [0.1, 0.15) is 108 Å². The van der Waals surface area contributed by atoms with E-state index in [0.717, 1.165) is 16.7 Å². The van der Waals surface area contributed by atoms with E-state index >= 15 is 0 Å². The van der Waals surface area contributed by atoms with Crippen LogP contribution in [0.15, 0.2) is 213 Å². The number of carbonyl (C=O) groups excluding carboxylic acids is 6. The Morgan fingerprint density at radius 3 is 0.883 bits per heavy atom. The molecule has 77 heavy (non-hydrogen) atoms. The summed E-state index contributed by atoms with van der Waals surface area (Å²) >= 11 is 0. The molecule has 6 unspecified atom stereocenters. The number of rotatable bonds is 23. The van der Waals surface area contributed by atoms with Crippen LogP contribution in [0.2, 0.25) is 0 Å². The molecule has 0 saturated carbocycles. The highest BCUT2D eigenvalue weighted by molar-refractivity contribution is 5.91. The molecule has 0 bridgehead atoms. The van der Waals surface area contributed by atoms with Gasteiger partial charge in [0, 0.05) is 43.9 Å². The molecular weight excluding hydrogens is 973 g/mol. The van der Waals surface area contributed by atoms with Gasteiger partial charge in [0.05, 0.1) is 16.7 Å². The zero-order valence-corrected chi connectivity index (χ0v) is 44.3. The fourth-order valence-corrected chi connectivity index (χ4v) is 7.27. The van der Waals surface area contributed by atoms with Crippen molar-refractivity contribution in [2.75, 3.05) is 0 Å². The summed E-state index contributed by atoms with van der Waals surface area (Å²) in [5.74, 6) is -2.43. The molecule has 0 aromatic heterocycles. The van der Waals surface area contributed by atoms with Gasteiger partial charge in [-0.1, -0.05) is 152 Å². The molecule has 12 nitrogen and oxygen atoms in total. The largest absolute Gasteiger partial charge is 0.459 e. The van der Waals surface area contributed by atoms with Crippen LogP contribution in [0.4, 0.5) is 0 Å². The van der Waals surface area contributed by atoms with E-state index in [9.17, 15) is 28.8 Å². The SMILES string of the molecule is C=CCC(CC(C)OC(=O)c1ccccc1)OC(=O)c1ccccc1.CC(CC(C)OC(=O)C=Cc1ccccc1)OC(=O)C=Cc1ccccc1.CC(CC(C)OC(=O)c1ccccc1)OC(=O)C=Cc1ccccc1. The van der Waals surface area contributed by atoms with E-state index in [4.69, 9.17) is 28.4 Å². The van der Waals surface area contributed by atoms with E-state index in [2.05, 4.69) is 6.58 Å². The van der Waals surface area contributed by atoms with Crippen LogP contribution < -0.4 is 0 Å². The van der Waals surface area contributed by atoms with Gasteiger partial charge in [0.2, 0.25) is 0 Å². The monoisotopic (exact) mass is 1040 g/mol. The average Bonchev–Trinajstić information content (AvgIpc) is 3.43. The number of hydrogen-bond acceptors (Lipinski definition) is 12. The number of carbonyl (C=O) groups is 6.